The summed E-state index contributed by atoms with van der Waals surface area (Å²) in [6, 6.07) is 11.9. The summed E-state index contributed by atoms with van der Waals surface area (Å²) in [7, 11) is 0. The number of carbonyl (C=O) groups excluding carboxylic acids is 1. The van der Waals surface area contributed by atoms with E-state index in [2.05, 4.69) is 22.1 Å². The third-order valence-electron chi connectivity index (χ3n) is 3.25. The van der Waals surface area contributed by atoms with Gasteiger partial charge in [0.1, 0.15) is 6.61 Å². The summed E-state index contributed by atoms with van der Waals surface area (Å²) in [6.45, 7) is 3.77. The molecule has 1 N–H and O–H groups in total. The van der Waals surface area contributed by atoms with Crippen LogP contribution in [-0.4, -0.2) is 19.1 Å². The molecule has 1 unspecified atom stereocenters. The summed E-state index contributed by atoms with van der Waals surface area (Å²) in [5.74, 6) is -0.280. The van der Waals surface area contributed by atoms with Crippen molar-refractivity contribution in [1.29, 1.82) is 0 Å². The predicted molar refractivity (Wildman–Crippen MR) is 86.3 cm³/mol. The van der Waals surface area contributed by atoms with Gasteiger partial charge in [-0.05, 0) is 40.9 Å². The fraction of sp³-hybridized carbons (Fsp3) is 0.353. The zero-order chi connectivity index (χ0) is 14.9. The van der Waals surface area contributed by atoms with Gasteiger partial charge in [-0.25, -0.2) is 0 Å². The van der Waals surface area contributed by atoms with Gasteiger partial charge in [0.25, 0.3) is 0 Å². The molecule has 1 aromatic carbocycles. The first-order chi connectivity index (χ1) is 10.3. The molecule has 2 rings (SSSR count). The van der Waals surface area contributed by atoms with Crippen molar-refractivity contribution in [3.63, 3.8) is 0 Å². The van der Waals surface area contributed by atoms with E-state index in [1.54, 1.807) is 11.3 Å². The SMILES string of the molecule is CC(CNCCc1ccsc1)C(=O)OCc1ccccc1. The van der Waals surface area contributed by atoms with Crippen LogP contribution < -0.4 is 5.32 Å². The summed E-state index contributed by atoms with van der Waals surface area (Å²) >= 11 is 1.71. The molecule has 0 aliphatic heterocycles. The normalized spacial score (nSPS) is 12.0. The number of esters is 1. The average Bonchev–Trinajstić information content (AvgIpc) is 3.03. The molecule has 1 aromatic heterocycles. The van der Waals surface area contributed by atoms with E-state index in [0.29, 0.717) is 13.2 Å². The van der Waals surface area contributed by atoms with E-state index >= 15 is 0 Å². The number of ether oxygens (including phenoxy) is 1. The molecule has 0 aliphatic rings. The number of nitrogens with one attached hydrogen (secondary N) is 1. The number of carbonyl (C=O) groups is 1. The predicted octanol–water partition coefficient (Wildman–Crippen LogP) is 3.26. The summed E-state index contributed by atoms with van der Waals surface area (Å²) in [6.07, 6.45) is 0.995. The fourth-order valence-electron chi connectivity index (χ4n) is 1.94. The lowest BCUT2D eigenvalue weighted by molar-refractivity contribution is -0.149. The molecular weight excluding hydrogens is 282 g/mol. The van der Waals surface area contributed by atoms with E-state index in [1.165, 1.54) is 5.56 Å². The van der Waals surface area contributed by atoms with Gasteiger partial charge in [0, 0.05) is 6.54 Å². The molecule has 2 aromatic rings. The van der Waals surface area contributed by atoms with Crippen molar-refractivity contribution in [2.75, 3.05) is 13.1 Å². The Bertz CT molecular complexity index is 525. The van der Waals surface area contributed by atoms with Crippen LogP contribution in [0.4, 0.5) is 0 Å². The van der Waals surface area contributed by atoms with E-state index < -0.39 is 0 Å². The van der Waals surface area contributed by atoms with Crippen LogP contribution in [0.2, 0.25) is 0 Å². The van der Waals surface area contributed by atoms with Crippen LogP contribution in [0.1, 0.15) is 18.1 Å². The van der Waals surface area contributed by atoms with Gasteiger partial charge in [-0.1, -0.05) is 37.3 Å². The van der Waals surface area contributed by atoms with E-state index in [9.17, 15) is 4.79 Å². The minimum absolute atomic E-state index is 0.129. The van der Waals surface area contributed by atoms with Crippen LogP contribution in [0, 0.1) is 5.92 Å². The Kier molecular flexibility index (Phi) is 6.44. The zero-order valence-corrected chi connectivity index (χ0v) is 13.1. The minimum Gasteiger partial charge on any atom is -0.461 e. The number of rotatable bonds is 8. The molecule has 112 valence electrons. The van der Waals surface area contributed by atoms with Gasteiger partial charge in [-0.15, -0.1) is 0 Å². The molecule has 0 spiro atoms. The van der Waals surface area contributed by atoms with Crippen LogP contribution >= 0.6 is 11.3 Å². The van der Waals surface area contributed by atoms with Gasteiger partial charge in [0.05, 0.1) is 5.92 Å². The molecule has 0 saturated heterocycles. The van der Waals surface area contributed by atoms with Crippen molar-refractivity contribution in [3.8, 4) is 0 Å². The lowest BCUT2D eigenvalue weighted by Crippen LogP contribution is -2.29. The van der Waals surface area contributed by atoms with E-state index in [4.69, 9.17) is 4.74 Å². The highest BCUT2D eigenvalue weighted by molar-refractivity contribution is 7.07. The average molecular weight is 303 g/mol. The van der Waals surface area contributed by atoms with Crippen molar-refractivity contribution in [2.45, 2.75) is 20.0 Å². The van der Waals surface area contributed by atoms with Crippen LogP contribution in [0.25, 0.3) is 0 Å². The molecule has 3 nitrogen and oxygen atoms in total. The van der Waals surface area contributed by atoms with Gasteiger partial charge < -0.3 is 10.1 Å². The first kappa shape index (κ1) is 15.7. The Morgan fingerprint density at radius 2 is 2.05 bits per heavy atom. The standard InChI is InChI=1S/C17H21NO2S/c1-14(11-18-9-7-16-8-10-21-13-16)17(19)20-12-15-5-3-2-4-6-15/h2-6,8,10,13-14,18H,7,9,11-12H2,1H3. The van der Waals surface area contributed by atoms with Gasteiger partial charge >= 0.3 is 5.97 Å². The van der Waals surface area contributed by atoms with Crippen LogP contribution in [0.5, 0.6) is 0 Å². The monoisotopic (exact) mass is 303 g/mol. The maximum absolute atomic E-state index is 11.9. The number of thiophene rings is 1. The summed E-state index contributed by atoms with van der Waals surface area (Å²) in [4.78, 5) is 11.9. The molecule has 0 fully saturated rings. The number of hydrogen-bond donors (Lipinski definition) is 1. The summed E-state index contributed by atoms with van der Waals surface area (Å²) < 4.78 is 5.32. The molecule has 0 amide bonds. The lowest BCUT2D eigenvalue weighted by atomic mass is 10.1. The summed E-state index contributed by atoms with van der Waals surface area (Å²) in [5, 5.41) is 7.54. The van der Waals surface area contributed by atoms with Gasteiger partial charge in [-0.3, -0.25) is 4.79 Å². The zero-order valence-electron chi connectivity index (χ0n) is 12.2. The lowest BCUT2D eigenvalue weighted by Gasteiger charge is -2.12. The second kappa shape index (κ2) is 8.60. The number of hydrogen-bond acceptors (Lipinski definition) is 4. The molecule has 0 aliphatic carbocycles. The minimum atomic E-state index is -0.151. The van der Waals surface area contributed by atoms with Crippen molar-refractivity contribution < 1.29 is 9.53 Å². The van der Waals surface area contributed by atoms with Crippen molar-refractivity contribution in [2.24, 2.45) is 5.92 Å². The third kappa shape index (κ3) is 5.69. The maximum atomic E-state index is 11.9. The van der Waals surface area contributed by atoms with Crippen LogP contribution in [0.3, 0.4) is 0 Å². The van der Waals surface area contributed by atoms with E-state index in [-0.39, 0.29) is 11.9 Å². The molecule has 0 radical (unpaired) electrons. The van der Waals surface area contributed by atoms with E-state index in [1.807, 2.05) is 37.3 Å². The van der Waals surface area contributed by atoms with Gasteiger partial charge in [0.2, 0.25) is 0 Å². The summed E-state index contributed by atoms with van der Waals surface area (Å²) in [5.41, 5.74) is 2.36. The van der Waals surface area contributed by atoms with Crippen LogP contribution in [-0.2, 0) is 22.6 Å². The number of benzene rings is 1. The molecule has 1 heterocycles. The van der Waals surface area contributed by atoms with Crippen LogP contribution in [0.15, 0.2) is 47.2 Å². The highest BCUT2D eigenvalue weighted by Gasteiger charge is 2.13. The highest BCUT2D eigenvalue weighted by Crippen LogP contribution is 2.06. The Morgan fingerprint density at radius 3 is 2.76 bits per heavy atom. The Balaban J connectivity index is 1.61. The molecule has 0 saturated carbocycles. The van der Waals surface area contributed by atoms with Crippen molar-refractivity contribution >= 4 is 17.3 Å². The Labute approximate surface area is 130 Å². The second-order valence-electron chi connectivity index (χ2n) is 5.08. The Hall–Kier alpha value is -1.65. The Morgan fingerprint density at radius 1 is 1.24 bits per heavy atom. The third-order valence-corrected chi connectivity index (χ3v) is 3.98. The smallest absolute Gasteiger partial charge is 0.310 e. The second-order valence-corrected chi connectivity index (χ2v) is 5.86. The van der Waals surface area contributed by atoms with Gasteiger partial charge in [-0.2, -0.15) is 11.3 Å². The fourth-order valence-corrected chi connectivity index (χ4v) is 2.64. The highest BCUT2D eigenvalue weighted by atomic mass is 32.1. The molecular formula is C17H21NO2S. The first-order valence-electron chi connectivity index (χ1n) is 7.18. The van der Waals surface area contributed by atoms with Crippen molar-refractivity contribution in [1.82, 2.24) is 5.32 Å². The molecule has 1 atom stereocenters. The van der Waals surface area contributed by atoms with E-state index in [0.717, 1.165) is 18.5 Å². The topological polar surface area (TPSA) is 38.3 Å². The van der Waals surface area contributed by atoms with Crippen molar-refractivity contribution in [3.05, 3.63) is 58.3 Å². The van der Waals surface area contributed by atoms with Gasteiger partial charge in [0.15, 0.2) is 0 Å². The maximum Gasteiger partial charge on any atom is 0.310 e. The molecule has 4 heteroatoms. The quantitative estimate of drug-likeness (QED) is 0.601. The molecule has 0 bridgehead atoms. The largest absolute Gasteiger partial charge is 0.461 e. The first-order valence-corrected chi connectivity index (χ1v) is 8.12. The molecule has 21 heavy (non-hydrogen) atoms.